The average Bonchev–Trinajstić information content (AvgIpc) is 3.74. The predicted molar refractivity (Wildman–Crippen MR) is 243 cm³/mol. The van der Waals surface area contributed by atoms with Crippen molar-refractivity contribution in [2.75, 3.05) is 29.5 Å². The van der Waals surface area contributed by atoms with E-state index in [1.54, 1.807) is 36.0 Å². The summed E-state index contributed by atoms with van der Waals surface area (Å²) in [5.41, 5.74) is 7.62. The van der Waals surface area contributed by atoms with Crippen molar-refractivity contribution in [3.8, 4) is 0 Å². The fourth-order valence-corrected chi connectivity index (χ4v) is 11.0. The third kappa shape index (κ3) is 10.6. The molecule has 64 heavy (non-hydrogen) atoms. The fraction of sp³-hybridized carbons (Fsp3) is 0.362. The van der Waals surface area contributed by atoms with Gasteiger partial charge in [0.2, 0.25) is 5.69 Å². The van der Waals surface area contributed by atoms with Gasteiger partial charge in [-0.2, -0.15) is 21.4 Å². The lowest BCUT2D eigenvalue weighted by atomic mass is 9.81. The van der Waals surface area contributed by atoms with E-state index in [1.165, 1.54) is 0 Å². The molecule has 0 bridgehead atoms. The summed E-state index contributed by atoms with van der Waals surface area (Å²) in [5, 5.41) is 0.527. The van der Waals surface area contributed by atoms with Crippen LogP contribution in [0.2, 0.25) is 0 Å². The number of para-hydroxylation sites is 2. The standard InChI is InChI=1S/C47H51N3O10S3.ClH/c1-46(2)36-14-5-7-16-38(36)48(28-10-30-62(54,55)56)40(46)24-20-32-12-9-13-33(44(32)61-35-22-18-34(19-23-35)45(53)60-50-42(51)26-27-43(50)52)21-25-41-47(3,4)37-15-6-8-17-39(37)49(41)29-11-31-63(57,58)59;/h5-8,14-25H,9-13,26-31H2,1-4H3,(H-,54,55,56,57,58,59);1H. The molecule has 0 aromatic heterocycles. The van der Waals surface area contributed by atoms with E-state index < -0.39 is 48.8 Å². The molecule has 3 heterocycles. The topological polar surface area (TPSA) is 179 Å². The predicted octanol–water partition coefficient (Wildman–Crippen LogP) is 5.24. The lowest BCUT2D eigenvalue weighted by Crippen LogP contribution is -3.00. The molecular formula is C47H52ClN3O10S3. The summed E-state index contributed by atoms with van der Waals surface area (Å²) in [6, 6.07) is 22.9. The van der Waals surface area contributed by atoms with Crippen LogP contribution >= 0.6 is 11.8 Å². The van der Waals surface area contributed by atoms with E-state index in [0.717, 1.165) is 74.1 Å². The molecule has 2 amide bonds. The number of hydrogen-bond donors (Lipinski definition) is 2. The largest absolute Gasteiger partial charge is 1.00 e. The zero-order valence-electron chi connectivity index (χ0n) is 36.1. The molecule has 1 saturated heterocycles. The molecule has 0 saturated carbocycles. The third-order valence-corrected chi connectivity index (χ3v) is 14.9. The highest BCUT2D eigenvalue weighted by Crippen LogP contribution is 2.49. The average molecular weight is 951 g/mol. The maximum absolute atomic E-state index is 13.0. The molecule has 0 unspecified atom stereocenters. The van der Waals surface area contributed by atoms with E-state index in [-0.39, 0.29) is 55.2 Å². The molecule has 0 atom stereocenters. The van der Waals surface area contributed by atoms with Gasteiger partial charge in [-0.15, -0.1) is 5.06 Å². The SMILES string of the molecule is CC1(C)C(/C=C/C2=C(Sc3ccc(C(=O)ON4C(=O)CCC4=O)cc3)C(=C/C=C3/N(CCCS(=O)(=O)O)c4ccccc4C3(C)C)/CCC2)=[N+](CCCS(=O)(=O)O)c2ccccc21.[Cl-]. The second kappa shape index (κ2) is 19.3. The van der Waals surface area contributed by atoms with Gasteiger partial charge in [-0.1, -0.05) is 74.2 Å². The molecule has 3 aromatic carbocycles. The number of amides is 2. The van der Waals surface area contributed by atoms with Gasteiger partial charge in [0.1, 0.15) is 6.54 Å². The Morgan fingerprint density at radius 3 is 2.08 bits per heavy atom. The van der Waals surface area contributed by atoms with Crippen LogP contribution in [-0.4, -0.2) is 83.7 Å². The van der Waals surface area contributed by atoms with Crippen LogP contribution in [0.5, 0.6) is 0 Å². The number of nitrogens with zero attached hydrogens (tertiary/aromatic N) is 3. The number of benzene rings is 3. The van der Waals surface area contributed by atoms with E-state index in [1.807, 2.05) is 36.4 Å². The minimum atomic E-state index is -4.15. The number of carbonyl (C=O) groups excluding carboxylic acids is 3. The molecule has 3 aromatic rings. The van der Waals surface area contributed by atoms with E-state index in [0.29, 0.717) is 18.2 Å². The number of imide groups is 1. The summed E-state index contributed by atoms with van der Waals surface area (Å²) in [6.07, 6.45) is 11.3. The Balaban J connectivity index is 0.00000680. The molecule has 2 N–H and O–H groups in total. The third-order valence-electron chi connectivity index (χ3n) is 12.0. The highest BCUT2D eigenvalue weighted by atomic mass is 35.5. The molecule has 7 rings (SSSR count). The van der Waals surface area contributed by atoms with Crippen LogP contribution in [-0.2, 0) is 45.5 Å². The second-order valence-corrected chi connectivity index (χ2v) is 21.4. The van der Waals surface area contributed by atoms with Crippen molar-refractivity contribution in [1.82, 2.24) is 5.06 Å². The van der Waals surface area contributed by atoms with Crippen LogP contribution in [0.25, 0.3) is 0 Å². The summed E-state index contributed by atoms with van der Waals surface area (Å²) in [6.45, 7) is 9.33. The van der Waals surface area contributed by atoms with E-state index in [4.69, 9.17) is 4.84 Å². The van der Waals surface area contributed by atoms with Crippen molar-refractivity contribution in [3.63, 3.8) is 0 Å². The van der Waals surface area contributed by atoms with Crippen molar-refractivity contribution in [2.24, 2.45) is 0 Å². The Bertz CT molecular complexity index is 2720. The first-order valence-corrected chi connectivity index (χ1v) is 25.0. The summed E-state index contributed by atoms with van der Waals surface area (Å²) < 4.78 is 68.0. The van der Waals surface area contributed by atoms with Crippen LogP contribution in [0.1, 0.15) is 94.1 Å². The lowest BCUT2D eigenvalue weighted by molar-refractivity contribution is -0.437. The molecule has 1 fully saturated rings. The summed E-state index contributed by atoms with van der Waals surface area (Å²) in [5.74, 6) is -2.65. The fourth-order valence-electron chi connectivity index (χ4n) is 8.86. The molecular weight excluding hydrogens is 898 g/mol. The van der Waals surface area contributed by atoms with Crippen LogP contribution in [0.15, 0.2) is 124 Å². The quantitative estimate of drug-likeness (QED) is 0.115. The minimum absolute atomic E-state index is 0. The lowest BCUT2D eigenvalue weighted by Gasteiger charge is -2.27. The first-order chi connectivity index (χ1) is 29.7. The Kier molecular flexibility index (Phi) is 14.7. The Morgan fingerprint density at radius 1 is 0.781 bits per heavy atom. The Hall–Kier alpha value is -4.84. The van der Waals surface area contributed by atoms with Gasteiger partial charge in [-0.05, 0) is 92.6 Å². The number of halogens is 1. The number of hydroxylamine groups is 2. The van der Waals surface area contributed by atoms with Crippen LogP contribution in [0.3, 0.4) is 0 Å². The van der Waals surface area contributed by atoms with Crippen molar-refractivity contribution < 1.29 is 62.1 Å². The highest BCUT2D eigenvalue weighted by molar-refractivity contribution is 8.03. The first kappa shape index (κ1) is 48.6. The number of anilines is 1. The molecule has 4 aliphatic rings. The molecule has 0 radical (unpaired) electrons. The molecule has 1 aliphatic carbocycles. The van der Waals surface area contributed by atoms with Crippen LogP contribution in [0.4, 0.5) is 11.4 Å². The zero-order chi connectivity index (χ0) is 45.3. The number of allylic oxidation sites excluding steroid dienone is 7. The molecule has 17 heteroatoms. The number of carbonyl (C=O) groups is 3. The number of thioether (sulfide) groups is 1. The smallest absolute Gasteiger partial charge is 0.363 e. The summed E-state index contributed by atoms with van der Waals surface area (Å²) >= 11 is 1.54. The van der Waals surface area contributed by atoms with Gasteiger partial charge in [-0.3, -0.25) is 18.7 Å². The van der Waals surface area contributed by atoms with Crippen molar-refractivity contribution >= 4 is 66.9 Å². The number of fused-ring (bicyclic) bond motifs is 2. The minimum Gasteiger partial charge on any atom is -1.00 e. The molecule has 3 aliphatic heterocycles. The second-order valence-electron chi connectivity index (χ2n) is 17.1. The highest BCUT2D eigenvalue weighted by Gasteiger charge is 2.44. The van der Waals surface area contributed by atoms with E-state index in [2.05, 4.69) is 73.6 Å². The van der Waals surface area contributed by atoms with Crippen molar-refractivity contribution in [1.29, 1.82) is 0 Å². The first-order valence-electron chi connectivity index (χ1n) is 21.0. The van der Waals surface area contributed by atoms with Gasteiger partial charge < -0.3 is 22.1 Å². The maximum Gasteiger partial charge on any atom is 0.363 e. The summed E-state index contributed by atoms with van der Waals surface area (Å²) in [7, 11) is -8.29. The van der Waals surface area contributed by atoms with Crippen molar-refractivity contribution in [3.05, 3.63) is 136 Å². The van der Waals surface area contributed by atoms with Gasteiger partial charge in [0.05, 0.1) is 22.5 Å². The number of hydrogen-bond acceptors (Lipinski definition) is 10. The van der Waals surface area contributed by atoms with Gasteiger partial charge in [0, 0.05) is 70.1 Å². The van der Waals surface area contributed by atoms with E-state index in [9.17, 15) is 40.3 Å². The Labute approximate surface area is 385 Å². The van der Waals surface area contributed by atoms with Gasteiger partial charge in [0.15, 0.2) is 5.71 Å². The Morgan fingerprint density at radius 2 is 1.41 bits per heavy atom. The molecule has 13 nitrogen and oxygen atoms in total. The number of rotatable bonds is 15. The maximum atomic E-state index is 13.0. The van der Waals surface area contributed by atoms with Crippen LogP contribution < -0.4 is 17.3 Å². The van der Waals surface area contributed by atoms with Crippen molar-refractivity contribution in [2.45, 2.75) is 88.4 Å². The summed E-state index contributed by atoms with van der Waals surface area (Å²) in [4.78, 5) is 46.3. The van der Waals surface area contributed by atoms with Gasteiger partial charge >= 0.3 is 5.97 Å². The molecule has 340 valence electrons. The normalized spacial score (nSPS) is 19.5. The van der Waals surface area contributed by atoms with Crippen LogP contribution in [0, 0.1) is 0 Å². The van der Waals surface area contributed by atoms with Gasteiger partial charge in [0.25, 0.3) is 32.1 Å². The van der Waals surface area contributed by atoms with E-state index >= 15 is 0 Å². The van der Waals surface area contributed by atoms with Gasteiger partial charge in [-0.25, -0.2) is 4.79 Å². The zero-order valence-corrected chi connectivity index (χ0v) is 39.3. The molecule has 0 spiro atoms. The monoisotopic (exact) mass is 949 g/mol.